The number of hydrogen-bond donors (Lipinski definition) is 1. The van der Waals surface area contributed by atoms with Crippen molar-refractivity contribution in [1.29, 1.82) is 0 Å². The van der Waals surface area contributed by atoms with Crippen LogP contribution >= 0.6 is 23.2 Å². The highest BCUT2D eigenvalue weighted by Crippen LogP contribution is 2.30. The number of nitrogens with zero attached hydrogens (tertiary/aromatic N) is 2. The molecule has 0 aliphatic rings. The molecule has 2 aromatic carbocycles. The van der Waals surface area contributed by atoms with Crippen molar-refractivity contribution in [3.8, 4) is 0 Å². The van der Waals surface area contributed by atoms with Crippen molar-refractivity contribution in [3.05, 3.63) is 63.6 Å². The van der Waals surface area contributed by atoms with E-state index in [-0.39, 0.29) is 23.2 Å². The Kier molecular flexibility index (Phi) is 10.2. The molecule has 10 heteroatoms. The van der Waals surface area contributed by atoms with E-state index >= 15 is 0 Å². The molecule has 2 aromatic rings. The van der Waals surface area contributed by atoms with E-state index in [9.17, 15) is 18.0 Å². The van der Waals surface area contributed by atoms with Gasteiger partial charge in [-0.05, 0) is 49.6 Å². The fourth-order valence-corrected chi connectivity index (χ4v) is 4.79. The number of carbonyl (C=O) groups is 2. The van der Waals surface area contributed by atoms with Crippen LogP contribution in [0.5, 0.6) is 0 Å². The number of sulfonamides is 1. The summed E-state index contributed by atoms with van der Waals surface area (Å²) in [7, 11) is -3.87. The normalized spacial score (nSPS) is 12.2. The van der Waals surface area contributed by atoms with Crippen LogP contribution in [0.4, 0.5) is 5.69 Å². The van der Waals surface area contributed by atoms with Crippen LogP contribution < -0.4 is 9.62 Å². The maximum atomic E-state index is 13.5. The Morgan fingerprint density at radius 1 is 1.12 bits per heavy atom. The third-order valence-electron chi connectivity index (χ3n) is 5.46. The molecule has 2 rings (SSSR count). The van der Waals surface area contributed by atoms with Crippen LogP contribution in [0.1, 0.15) is 37.8 Å². The molecule has 0 aliphatic heterocycles. The Balaban J connectivity index is 2.39. The minimum atomic E-state index is -3.87. The molecule has 1 N–H and O–H groups in total. The lowest BCUT2D eigenvalue weighted by atomic mass is 10.1. The Morgan fingerprint density at radius 3 is 2.38 bits per heavy atom. The third kappa shape index (κ3) is 7.61. The van der Waals surface area contributed by atoms with Gasteiger partial charge < -0.3 is 10.2 Å². The molecular formula is C24H31Cl2N3O4S. The average Bonchev–Trinajstić information content (AvgIpc) is 2.76. The van der Waals surface area contributed by atoms with Gasteiger partial charge in [0.2, 0.25) is 21.8 Å². The van der Waals surface area contributed by atoms with Crippen molar-refractivity contribution in [3.63, 3.8) is 0 Å². The van der Waals surface area contributed by atoms with Crippen molar-refractivity contribution >= 4 is 50.7 Å². The summed E-state index contributed by atoms with van der Waals surface area (Å²) in [5.41, 5.74) is 1.96. The van der Waals surface area contributed by atoms with Gasteiger partial charge in [0.05, 0.1) is 17.0 Å². The van der Waals surface area contributed by atoms with Gasteiger partial charge in [-0.3, -0.25) is 13.9 Å². The van der Waals surface area contributed by atoms with E-state index in [1.807, 2.05) is 38.1 Å². The highest BCUT2D eigenvalue weighted by molar-refractivity contribution is 7.92. The first-order valence-electron chi connectivity index (χ1n) is 11.0. The van der Waals surface area contributed by atoms with Crippen molar-refractivity contribution in [1.82, 2.24) is 10.2 Å². The number of hydrogen-bond acceptors (Lipinski definition) is 4. The van der Waals surface area contributed by atoms with Crippen LogP contribution in [0.15, 0.2) is 42.5 Å². The lowest BCUT2D eigenvalue weighted by molar-refractivity contribution is -0.139. The van der Waals surface area contributed by atoms with Gasteiger partial charge >= 0.3 is 0 Å². The number of rotatable bonds is 11. The average molecular weight is 529 g/mol. The lowest BCUT2D eigenvalue weighted by Gasteiger charge is -2.32. The highest BCUT2D eigenvalue weighted by atomic mass is 35.5. The Bertz CT molecular complexity index is 1120. The first-order chi connectivity index (χ1) is 16.0. The maximum absolute atomic E-state index is 13.5. The van der Waals surface area contributed by atoms with E-state index in [0.29, 0.717) is 11.6 Å². The van der Waals surface area contributed by atoms with Gasteiger partial charge in [-0.1, -0.05) is 60.8 Å². The molecule has 2 amide bonds. The lowest BCUT2D eigenvalue weighted by Crippen LogP contribution is -2.51. The number of nitrogens with one attached hydrogen (secondary N) is 1. The number of anilines is 1. The minimum absolute atomic E-state index is 0.0986. The largest absolute Gasteiger partial charge is 0.354 e. The first kappa shape index (κ1) is 28.0. The molecule has 0 bridgehead atoms. The molecule has 0 unspecified atom stereocenters. The van der Waals surface area contributed by atoms with E-state index in [4.69, 9.17) is 23.2 Å². The first-order valence-corrected chi connectivity index (χ1v) is 13.6. The summed E-state index contributed by atoms with van der Waals surface area (Å²) in [5.74, 6) is -0.830. The maximum Gasteiger partial charge on any atom is 0.244 e. The second kappa shape index (κ2) is 12.4. The Morgan fingerprint density at radius 2 is 1.79 bits per heavy atom. The molecule has 34 heavy (non-hydrogen) atoms. The number of unbranched alkanes of at least 4 members (excludes halogenated alkanes) is 1. The minimum Gasteiger partial charge on any atom is -0.354 e. The topological polar surface area (TPSA) is 86.8 Å². The van der Waals surface area contributed by atoms with Crippen LogP contribution in [-0.4, -0.2) is 50.5 Å². The zero-order valence-corrected chi connectivity index (χ0v) is 22.2. The predicted molar refractivity (Wildman–Crippen MR) is 138 cm³/mol. The van der Waals surface area contributed by atoms with Gasteiger partial charge in [0.1, 0.15) is 12.6 Å². The summed E-state index contributed by atoms with van der Waals surface area (Å²) in [4.78, 5) is 27.7. The number of benzene rings is 2. The van der Waals surface area contributed by atoms with Crippen LogP contribution in [0.25, 0.3) is 0 Å². The van der Waals surface area contributed by atoms with E-state index in [1.54, 1.807) is 6.92 Å². The molecule has 0 radical (unpaired) electrons. The van der Waals surface area contributed by atoms with Gasteiger partial charge in [-0.25, -0.2) is 8.42 Å². The predicted octanol–water partition coefficient (Wildman–Crippen LogP) is 4.40. The smallest absolute Gasteiger partial charge is 0.244 e. The molecule has 0 aliphatic carbocycles. The molecule has 186 valence electrons. The summed E-state index contributed by atoms with van der Waals surface area (Å²) < 4.78 is 26.1. The van der Waals surface area contributed by atoms with Crippen LogP contribution in [-0.2, 0) is 26.2 Å². The van der Waals surface area contributed by atoms with Gasteiger partial charge in [0.25, 0.3) is 0 Å². The van der Waals surface area contributed by atoms with Crippen molar-refractivity contribution in [2.75, 3.05) is 23.7 Å². The van der Waals surface area contributed by atoms with E-state index in [2.05, 4.69) is 5.32 Å². The van der Waals surface area contributed by atoms with Crippen LogP contribution in [0.2, 0.25) is 10.0 Å². The van der Waals surface area contributed by atoms with Gasteiger partial charge in [0.15, 0.2) is 0 Å². The Labute approximate surface area is 212 Å². The highest BCUT2D eigenvalue weighted by Gasteiger charge is 2.31. The van der Waals surface area contributed by atoms with E-state index in [0.717, 1.165) is 34.5 Å². The molecule has 0 aromatic heterocycles. The zero-order chi connectivity index (χ0) is 25.5. The molecule has 0 spiro atoms. The molecule has 7 nitrogen and oxygen atoms in total. The van der Waals surface area contributed by atoms with Gasteiger partial charge in [0, 0.05) is 18.1 Å². The summed E-state index contributed by atoms with van der Waals surface area (Å²) in [6, 6.07) is 11.1. The van der Waals surface area contributed by atoms with Crippen LogP contribution in [0.3, 0.4) is 0 Å². The van der Waals surface area contributed by atoms with E-state index < -0.39 is 28.5 Å². The SMILES string of the molecule is CCCCNC(=O)[C@H](C)N(Cc1ccccc1C)C(=O)CN(c1ccc(Cl)cc1Cl)S(C)(=O)=O. The van der Waals surface area contributed by atoms with Crippen molar-refractivity contribution < 1.29 is 18.0 Å². The van der Waals surface area contributed by atoms with Crippen molar-refractivity contribution in [2.24, 2.45) is 0 Å². The number of halogens is 2. The van der Waals surface area contributed by atoms with Crippen LogP contribution in [0, 0.1) is 6.92 Å². The second-order valence-corrected chi connectivity index (χ2v) is 10.9. The summed E-state index contributed by atoms with van der Waals surface area (Å²) >= 11 is 12.2. The zero-order valence-electron chi connectivity index (χ0n) is 19.8. The monoisotopic (exact) mass is 527 g/mol. The molecule has 0 fully saturated rings. The summed E-state index contributed by atoms with van der Waals surface area (Å²) in [6.07, 6.45) is 2.74. The van der Waals surface area contributed by atoms with E-state index in [1.165, 1.54) is 23.1 Å². The quantitative estimate of drug-likeness (QED) is 0.438. The van der Waals surface area contributed by atoms with Gasteiger partial charge in [-0.15, -0.1) is 0 Å². The number of carbonyl (C=O) groups excluding carboxylic acids is 2. The fourth-order valence-electron chi connectivity index (χ4n) is 3.37. The van der Waals surface area contributed by atoms with Crippen molar-refractivity contribution in [2.45, 2.75) is 46.2 Å². The Hall–Kier alpha value is -2.29. The van der Waals surface area contributed by atoms with Gasteiger partial charge in [-0.2, -0.15) is 0 Å². The molecule has 0 heterocycles. The molecular weight excluding hydrogens is 497 g/mol. The third-order valence-corrected chi connectivity index (χ3v) is 7.12. The molecule has 1 atom stereocenters. The standard InChI is InChI=1S/C24H31Cl2N3O4S/c1-5-6-13-27-24(31)18(3)28(15-19-10-8-7-9-17(19)2)23(30)16-29(34(4,32)33)22-12-11-20(25)14-21(22)26/h7-12,14,18H,5-6,13,15-16H2,1-4H3,(H,27,31)/t18-/m0/s1. The number of aryl methyl sites for hydroxylation is 1. The molecule has 0 saturated carbocycles. The summed E-state index contributed by atoms with van der Waals surface area (Å²) in [6.45, 7) is 5.71. The fraction of sp³-hybridized carbons (Fsp3) is 0.417. The number of amides is 2. The summed E-state index contributed by atoms with van der Waals surface area (Å²) in [5, 5.41) is 3.29. The second-order valence-electron chi connectivity index (χ2n) is 8.13. The molecule has 0 saturated heterocycles.